The number of halogens is 1. The van der Waals surface area contributed by atoms with Crippen LogP contribution in [0.15, 0.2) is 81.0 Å². The van der Waals surface area contributed by atoms with E-state index < -0.39 is 33.8 Å². The second-order valence-electron chi connectivity index (χ2n) is 9.87. The highest BCUT2D eigenvalue weighted by molar-refractivity contribution is 9.10. The standard InChI is InChI=1S/C29H21BrN4O7S2/c1-14-4-2-3-5-19(14)31-21(35)13-41-20-11-6-15(30)12-18(20)22-23-25(42-26-24(22)43-29(38)32-26)28(37)33(27(23)36)16-7-9-17(10-8-16)34(39)40/h2-12,22-23,25H,13H2,1H3,(H,31,35)(H,32,38). The Labute approximate surface area is 260 Å². The van der Waals surface area contributed by atoms with Crippen molar-refractivity contribution >= 4 is 73.8 Å². The number of benzene rings is 3. The van der Waals surface area contributed by atoms with Crippen molar-refractivity contribution in [2.45, 2.75) is 23.1 Å². The number of anilines is 2. The maximum atomic E-state index is 14.0. The molecule has 6 rings (SSSR count). The van der Waals surface area contributed by atoms with Gasteiger partial charge in [-0.1, -0.05) is 57.2 Å². The van der Waals surface area contributed by atoms with Crippen molar-refractivity contribution in [1.82, 2.24) is 4.98 Å². The Hall–Kier alpha value is -4.27. The lowest BCUT2D eigenvalue weighted by molar-refractivity contribution is -0.384. The van der Waals surface area contributed by atoms with E-state index >= 15 is 0 Å². The Morgan fingerprint density at radius 2 is 1.84 bits per heavy atom. The van der Waals surface area contributed by atoms with Crippen molar-refractivity contribution in [3.8, 4) is 5.75 Å². The molecule has 3 unspecified atom stereocenters. The van der Waals surface area contributed by atoms with Gasteiger partial charge in [0.15, 0.2) is 6.61 Å². The first kappa shape index (κ1) is 28.8. The molecule has 218 valence electrons. The molecule has 3 amide bonds. The van der Waals surface area contributed by atoms with Gasteiger partial charge in [-0.05, 0) is 48.9 Å². The number of nitro benzene ring substituents is 1. The van der Waals surface area contributed by atoms with E-state index in [1.807, 2.05) is 25.1 Å². The molecule has 3 atom stereocenters. The molecule has 0 bridgehead atoms. The first-order chi connectivity index (χ1) is 20.6. The third-order valence-electron chi connectivity index (χ3n) is 7.23. The lowest BCUT2D eigenvalue weighted by Crippen LogP contribution is -2.32. The molecule has 4 aromatic rings. The molecule has 1 saturated heterocycles. The molecular weight excluding hydrogens is 660 g/mol. The highest BCUT2D eigenvalue weighted by Gasteiger charge is 2.57. The number of thiazole rings is 1. The van der Waals surface area contributed by atoms with Gasteiger partial charge in [-0.25, -0.2) is 4.90 Å². The van der Waals surface area contributed by atoms with Crippen LogP contribution in [0.1, 0.15) is 21.9 Å². The Kier molecular flexibility index (Phi) is 7.66. The summed E-state index contributed by atoms with van der Waals surface area (Å²) in [7, 11) is 0. The van der Waals surface area contributed by atoms with Crippen molar-refractivity contribution in [3.63, 3.8) is 0 Å². The summed E-state index contributed by atoms with van der Waals surface area (Å²) < 4.78 is 6.67. The van der Waals surface area contributed by atoms with Crippen LogP contribution in [0.5, 0.6) is 5.75 Å². The Bertz CT molecular complexity index is 1860. The number of nitrogens with zero attached hydrogens (tertiary/aromatic N) is 2. The van der Waals surface area contributed by atoms with E-state index in [2.05, 4.69) is 26.2 Å². The smallest absolute Gasteiger partial charge is 0.305 e. The number of rotatable bonds is 7. The van der Waals surface area contributed by atoms with Crippen LogP contribution in [0.4, 0.5) is 17.1 Å². The number of nitro groups is 1. The predicted molar refractivity (Wildman–Crippen MR) is 165 cm³/mol. The molecule has 0 spiro atoms. The predicted octanol–water partition coefficient (Wildman–Crippen LogP) is 5.23. The molecule has 11 nitrogen and oxygen atoms in total. The van der Waals surface area contributed by atoms with Gasteiger partial charge >= 0.3 is 4.87 Å². The van der Waals surface area contributed by atoms with Crippen LogP contribution in [0.2, 0.25) is 0 Å². The van der Waals surface area contributed by atoms with E-state index in [1.165, 1.54) is 24.3 Å². The summed E-state index contributed by atoms with van der Waals surface area (Å²) in [6.45, 7) is 1.55. The second kappa shape index (κ2) is 11.4. The number of aromatic nitrogens is 1. The van der Waals surface area contributed by atoms with Crippen LogP contribution in [0.25, 0.3) is 0 Å². The fraction of sp³-hybridized carbons (Fsp3) is 0.172. The largest absolute Gasteiger partial charge is 0.483 e. The Balaban J connectivity index is 1.36. The highest BCUT2D eigenvalue weighted by atomic mass is 79.9. The van der Waals surface area contributed by atoms with E-state index in [9.17, 15) is 29.3 Å². The number of carbonyl (C=O) groups is 3. The van der Waals surface area contributed by atoms with Gasteiger partial charge in [0.25, 0.3) is 11.6 Å². The lowest BCUT2D eigenvalue weighted by atomic mass is 9.82. The van der Waals surface area contributed by atoms with Gasteiger partial charge < -0.3 is 15.0 Å². The van der Waals surface area contributed by atoms with Gasteiger partial charge in [-0.2, -0.15) is 0 Å². The molecule has 2 N–H and O–H groups in total. The zero-order valence-electron chi connectivity index (χ0n) is 22.2. The minimum atomic E-state index is -0.913. The molecule has 0 aliphatic carbocycles. The van der Waals surface area contributed by atoms with Crippen molar-refractivity contribution in [2.24, 2.45) is 5.92 Å². The number of imide groups is 1. The molecule has 0 radical (unpaired) electrons. The van der Waals surface area contributed by atoms with Crippen LogP contribution in [-0.4, -0.2) is 39.5 Å². The summed E-state index contributed by atoms with van der Waals surface area (Å²) in [5, 5.41) is 13.6. The average molecular weight is 682 g/mol. The van der Waals surface area contributed by atoms with Crippen LogP contribution in [0.3, 0.4) is 0 Å². The maximum absolute atomic E-state index is 14.0. The quantitative estimate of drug-likeness (QED) is 0.153. The molecule has 2 aliphatic rings. The van der Waals surface area contributed by atoms with Gasteiger partial charge in [0, 0.05) is 38.7 Å². The topological polar surface area (TPSA) is 152 Å². The van der Waals surface area contributed by atoms with E-state index in [0.717, 1.165) is 33.6 Å². The van der Waals surface area contributed by atoms with Gasteiger partial charge in [-0.15, -0.1) is 0 Å². The molecule has 43 heavy (non-hydrogen) atoms. The minimum Gasteiger partial charge on any atom is -0.483 e. The molecule has 1 aromatic heterocycles. The zero-order chi connectivity index (χ0) is 30.4. The number of nitrogens with one attached hydrogen (secondary N) is 2. The molecule has 3 aromatic carbocycles. The zero-order valence-corrected chi connectivity index (χ0v) is 25.5. The summed E-state index contributed by atoms with van der Waals surface area (Å²) >= 11 is 5.55. The fourth-order valence-corrected chi connectivity index (χ4v) is 8.15. The summed E-state index contributed by atoms with van der Waals surface area (Å²) in [6.07, 6.45) is 0. The van der Waals surface area contributed by atoms with E-state index in [0.29, 0.717) is 31.4 Å². The fourth-order valence-electron chi connectivity index (χ4n) is 5.27. The molecular formula is C29H21BrN4O7S2. The van der Waals surface area contributed by atoms with Crippen molar-refractivity contribution < 1.29 is 24.0 Å². The summed E-state index contributed by atoms with van der Waals surface area (Å²) in [5.74, 6) is -2.73. The number of amides is 3. The second-order valence-corrected chi connectivity index (χ2v) is 13.0. The number of para-hydroxylation sites is 1. The molecule has 14 heteroatoms. The molecule has 2 aliphatic heterocycles. The van der Waals surface area contributed by atoms with E-state index in [4.69, 9.17) is 4.74 Å². The van der Waals surface area contributed by atoms with Crippen LogP contribution >= 0.6 is 39.0 Å². The monoisotopic (exact) mass is 680 g/mol. The summed E-state index contributed by atoms with van der Waals surface area (Å²) in [6, 6.07) is 17.7. The number of fused-ring (bicyclic) bond motifs is 2. The van der Waals surface area contributed by atoms with Crippen molar-refractivity contribution in [1.29, 1.82) is 0 Å². The minimum absolute atomic E-state index is 0.172. The van der Waals surface area contributed by atoms with Crippen LogP contribution in [0, 0.1) is 23.0 Å². The number of aryl methyl sites for hydroxylation is 1. The third kappa shape index (κ3) is 5.37. The van der Waals surface area contributed by atoms with Crippen LogP contribution in [-0.2, 0) is 14.4 Å². The van der Waals surface area contributed by atoms with E-state index in [-0.39, 0.29) is 28.8 Å². The van der Waals surface area contributed by atoms with Gasteiger partial charge in [-0.3, -0.25) is 29.3 Å². The van der Waals surface area contributed by atoms with Gasteiger partial charge in [0.2, 0.25) is 11.8 Å². The van der Waals surface area contributed by atoms with Gasteiger partial charge in [0.05, 0.1) is 21.6 Å². The lowest BCUT2D eigenvalue weighted by Gasteiger charge is -2.31. The number of non-ortho nitro benzene ring substituents is 1. The number of carbonyl (C=O) groups excluding carboxylic acids is 3. The Morgan fingerprint density at radius 3 is 2.56 bits per heavy atom. The Morgan fingerprint density at radius 1 is 1.09 bits per heavy atom. The van der Waals surface area contributed by atoms with Crippen LogP contribution < -0.4 is 19.8 Å². The maximum Gasteiger partial charge on any atom is 0.305 e. The SMILES string of the molecule is Cc1ccccc1NC(=O)COc1ccc(Br)cc1C1c2sc(=O)[nH]c2SC2C(=O)N(c3ccc([N+](=O)[O-])cc3)C(=O)C21. The van der Waals surface area contributed by atoms with Crippen molar-refractivity contribution in [3.05, 3.63) is 107 Å². The average Bonchev–Trinajstić information content (AvgIpc) is 3.47. The number of ether oxygens (including phenoxy) is 1. The molecule has 1 fully saturated rings. The third-order valence-corrected chi connectivity index (χ3v) is 10.1. The van der Waals surface area contributed by atoms with Crippen molar-refractivity contribution in [2.75, 3.05) is 16.8 Å². The highest BCUT2D eigenvalue weighted by Crippen LogP contribution is 2.54. The number of hydrogen-bond donors (Lipinski definition) is 2. The number of thioether (sulfide) groups is 1. The first-order valence-corrected chi connectivity index (χ1v) is 15.4. The number of hydrogen-bond acceptors (Lipinski definition) is 9. The molecule has 0 saturated carbocycles. The summed E-state index contributed by atoms with van der Waals surface area (Å²) in [4.78, 5) is 67.7. The summed E-state index contributed by atoms with van der Waals surface area (Å²) in [5.41, 5.74) is 2.11. The van der Waals surface area contributed by atoms with E-state index in [1.54, 1.807) is 24.3 Å². The molecule has 3 heterocycles. The normalized spacial score (nSPS) is 19.1. The van der Waals surface area contributed by atoms with Gasteiger partial charge in [0.1, 0.15) is 11.0 Å². The number of H-pyrrole nitrogens is 1. The first-order valence-electron chi connectivity index (χ1n) is 12.9. The number of aromatic amines is 1.